The minimum atomic E-state index is -0.518. The number of fused-ring (bicyclic) bond motifs is 1. The van der Waals surface area contributed by atoms with Crippen molar-refractivity contribution in [1.29, 1.82) is 0 Å². The Kier molecular flexibility index (Phi) is 6.09. The van der Waals surface area contributed by atoms with Gasteiger partial charge in [-0.25, -0.2) is 4.39 Å². The van der Waals surface area contributed by atoms with E-state index in [2.05, 4.69) is 9.62 Å². The summed E-state index contributed by atoms with van der Waals surface area (Å²) in [5.74, 6) is -0.906. The van der Waals surface area contributed by atoms with Gasteiger partial charge in [-0.15, -0.1) is 0 Å². The van der Waals surface area contributed by atoms with Crippen LogP contribution in [0.5, 0.6) is 0 Å². The van der Waals surface area contributed by atoms with Gasteiger partial charge in [0.05, 0.1) is 22.8 Å². The molecule has 1 amide bonds. The van der Waals surface area contributed by atoms with E-state index in [0.29, 0.717) is 15.3 Å². The third-order valence-corrected chi connectivity index (χ3v) is 7.53. The standard InChI is InChI=1S/C23H23Cl2FN4OS/c1-13-19-9-20(23(31)28-32-18-2-3-18)21(26)10-22(19)30(27-13)17-4-5-29(12-17)11-14-6-15(24)8-16(25)7-14/h6-10,17-18H,2-5,11-12H2,1H3,(H,28,31). The summed E-state index contributed by atoms with van der Waals surface area (Å²) >= 11 is 13.7. The molecule has 0 bridgehead atoms. The lowest BCUT2D eigenvalue weighted by Crippen LogP contribution is -2.21. The summed E-state index contributed by atoms with van der Waals surface area (Å²) in [6.07, 6.45) is 3.11. The van der Waals surface area contributed by atoms with Gasteiger partial charge in [0.25, 0.3) is 5.91 Å². The summed E-state index contributed by atoms with van der Waals surface area (Å²) in [7, 11) is 0. The molecule has 1 N–H and O–H groups in total. The predicted octanol–water partition coefficient (Wildman–Crippen LogP) is 5.78. The topological polar surface area (TPSA) is 50.2 Å². The number of rotatable bonds is 6. The molecule has 1 saturated heterocycles. The monoisotopic (exact) mass is 492 g/mol. The van der Waals surface area contributed by atoms with Crippen LogP contribution in [0.15, 0.2) is 30.3 Å². The first-order chi connectivity index (χ1) is 15.4. The van der Waals surface area contributed by atoms with Crippen LogP contribution < -0.4 is 4.72 Å². The lowest BCUT2D eigenvalue weighted by atomic mass is 10.1. The molecule has 1 aliphatic carbocycles. The molecule has 2 aliphatic rings. The average molecular weight is 493 g/mol. The number of halogens is 3. The first-order valence-corrected chi connectivity index (χ1v) is 12.3. The molecule has 5 nitrogen and oxygen atoms in total. The smallest absolute Gasteiger partial charge is 0.264 e. The largest absolute Gasteiger partial charge is 0.297 e. The predicted molar refractivity (Wildman–Crippen MR) is 128 cm³/mol. The molecule has 32 heavy (non-hydrogen) atoms. The summed E-state index contributed by atoms with van der Waals surface area (Å²) in [6.45, 7) is 4.34. The number of amides is 1. The second-order valence-electron chi connectivity index (χ2n) is 8.58. The van der Waals surface area contributed by atoms with Gasteiger partial charge in [0.15, 0.2) is 0 Å². The highest BCUT2D eigenvalue weighted by Gasteiger charge is 2.28. The number of hydrogen-bond donors (Lipinski definition) is 1. The van der Waals surface area contributed by atoms with Crippen molar-refractivity contribution in [2.45, 2.75) is 44.0 Å². The van der Waals surface area contributed by atoms with Gasteiger partial charge in [-0.1, -0.05) is 23.2 Å². The first-order valence-electron chi connectivity index (χ1n) is 10.7. The summed E-state index contributed by atoms with van der Waals surface area (Å²) in [5, 5.41) is 7.24. The van der Waals surface area contributed by atoms with E-state index in [9.17, 15) is 9.18 Å². The van der Waals surface area contributed by atoms with E-state index in [1.54, 1.807) is 12.1 Å². The van der Waals surface area contributed by atoms with Gasteiger partial charge in [0.2, 0.25) is 0 Å². The Balaban J connectivity index is 1.35. The zero-order valence-electron chi connectivity index (χ0n) is 17.6. The van der Waals surface area contributed by atoms with E-state index in [-0.39, 0.29) is 17.5 Å². The molecule has 1 aliphatic heterocycles. The summed E-state index contributed by atoms with van der Waals surface area (Å²) in [4.78, 5) is 14.8. The number of benzene rings is 2. The highest BCUT2D eigenvalue weighted by molar-refractivity contribution is 7.98. The molecule has 2 aromatic carbocycles. The van der Waals surface area contributed by atoms with Crippen LogP contribution in [0.3, 0.4) is 0 Å². The van der Waals surface area contributed by atoms with Crippen LogP contribution in [0.25, 0.3) is 10.9 Å². The number of nitrogens with zero attached hydrogens (tertiary/aromatic N) is 3. The highest BCUT2D eigenvalue weighted by Crippen LogP contribution is 2.33. The van der Waals surface area contributed by atoms with E-state index < -0.39 is 5.82 Å². The zero-order valence-corrected chi connectivity index (χ0v) is 19.9. The minimum Gasteiger partial charge on any atom is -0.297 e. The highest BCUT2D eigenvalue weighted by atomic mass is 35.5. The van der Waals surface area contributed by atoms with Gasteiger partial charge in [-0.2, -0.15) is 5.10 Å². The molecule has 1 unspecified atom stereocenters. The Bertz CT molecular complexity index is 1180. The van der Waals surface area contributed by atoms with E-state index in [1.807, 2.05) is 23.7 Å². The van der Waals surface area contributed by atoms with Crippen molar-refractivity contribution in [2.75, 3.05) is 13.1 Å². The molecule has 1 atom stereocenters. The number of aromatic nitrogens is 2. The summed E-state index contributed by atoms with van der Waals surface area (Å²) in [6, 6.07) is 8.80. The van der Waals surface area contributed by atoms with Crippen molar-refractivity contribution in [3.8, 4) is 0 Å². The number of hydrogen-bond acceptors (Lipinski definition) is 4. The van der Waals surface area contributed by atoms with Crippen LogP contribution in [-0.4, -0.2) is 38.9 Å². The molecule has 3 aromatic rings. The van der Waals surface area contributed by atoms with E-state index in [0.717, 1.165) is 61.1 Å². The van der Waals surface area contributed by atoms with Gasteiger partial charge in [0, 0.05) is 46.4 Å². The molecule has 1 saturated carbocycles. The van der Waals surface area contributed by atoms with Crippen LogP contribution in [0.4, 0.5) is 4.39 Å². The van der Waals surface area contributed by atoms with Gasteiger partial charge < -0.3 is 0 Å². The molecule has 9 heteroatoms. The summed E-state index contributed by atoms with van der Waals surface area (Å²) < 4.78 is 19.6. The lowest BCUT2D eigenvalue weighted by Gasteiger charge is -2.17. The molecule has 0 radical (unpaired) electrons. The van der Waals surface area contributed by atoms with Crippen LogP contribution in [0, 0.1) is 12.7 Å². The second-order valence-corrected chi connectivity index (χ2v) is 10.6. The van der Waals surface area contributed by atoms with Crippen LogP contribution >= 0.6 is 35.1 Å². The van der Waals surface area contributed by atoms with Gasteiger partial charge in [-0.3, -0.25) is 19.1 Å². The lowest BCUT2D eigenvalue weighted by molar-refractivity contribution is 0.0980. The van der Waals surface area contributed by atoms with Crippen molar-refractivity contribution < 1.29 is 9.18 Å². The van der Waals surface area contributed by atoms with Crippen molar-refractivity contribution >= 4 is 52.0 Å². The molecule has 5 rings (SSSR count). The van der Waals surface area contributed by atoms with Crippen LogP contribution in [0.2, 0.25) is 10.0 Å². The Morgan fingerprint density at radius 1 is 1.19 bits per heavy atom. The van der Waals surface area contributed by atoms with Gasteiger partial charge in [0.1, 0.15) is 5.82 Å². The Morgan fingerprint density at radius 3 is 2.66 bits per heavy atom. The van der Waals surface area contributed by atoms with Crippen LogP contribution in [-0.2, 0) is 6.54 Å². The molecule has 2 heterocycles. The first kappa shape index (κ1) is 22.0. The summed E-state index contributed by atoms with van der Waals surface area (Å²) in [5.41, 5.74) is 2.66. The Labute approximate surface area is 200 Å². The normalized spacial score (nSPS) is 19.1. The zero-order chi connectivity index (χ0) is 22.4. The van der Waals surface area contributed by atoms with Gasteiger partial charge in [-0.05, 0) is 68.0 Å². The van der Waals surface area contributed by atoms with E-state index in [4.69, 9.17) is 28.3 Å². The molecular formula is C23H23Cl2FN4OS. The third kappa shape index (κ3) is 4.62. The maximum Gasteiger partial charge on any atom is 0.264 e. The Hall–Kier alpha value is -1.80. The molecular weight excluding hydrogens is 470 g/mol. The number of carbonyl (C=O) groups is 1. The van der Waals surface area contributed by atoms with Crippen molar-refractivity contribution in [3.05, 3.63) is 63.0 Å². The molecule has 1 aromatic heterocycles. The fourth-order valence-electron chi connectivity index (χ4n) is 4.26. The number of likely N-dealkylation sites (tertiary alicyclic amines) is 1. The van der Waals surface area contributed by atoms with E-state index >= 15 is 0 Å². The number of nitrogens with one attached hydrogen (secondary N) is 1. The van der Waals surface area contributed by atoms with Crippen molar-refractivity contribution in [1.82, 2.24) is 19.4 Å². The Morgan fingerprint density at radius 2 is 1.94 bits per heavy atom. The number of carbonyl (C=O) groups excluding carboxylic acids is 1. The minimum absolute atomic E-state index is 0.0687. The average Bonchev–Trinajstić information content (AvgIpc) is 3.37. The molecule has 168 valence electrons. The number of aryl methyl sites for hydroxylation is 1. The molecule has 2 fully saturated rings. The SMILES string of the molecule is Cc1nn(C2CCN(Cc3cc(Cl)cc(Cl)c3)C2)c2cc(F)c(C(=O)NSC3CC3)cc12. The van der Waals surface area contributed by atoms with Crippen LogP contribution in [0.1, 0.15) is 46.9 Å². The third-order valence-electron chi connectivity index (χ3n) is 5.99. The molecule has 0 spiro atoms. The second kappa shape index (κ2) is 8.86. The maximum absolute atomic E-state index is 14.9. The quantitative estimate of drug-likeness (QED) is 0.443. The van der Waals surface area contributed by atoms with Gasteiger partial charge >= 0.3 is 0 Å². The maximum atomic E-state index is 14.9. The fraction of sp³-hybridized carbons (Fsp3) is 0.391. The van der Waals surface area contributed by atoms with Crippen molar-refractivity contribution in [3.63, 3.8) is 0 Å². The van der Waals surface area contributed by atoms with E-state index in [1.165, 1.54) is 18.0 Å². The van der Waals surface area contributed by atoms with Crippen molar-refractivity contribution in [2.24, 2.45) is 0 Å². The fourth-order valence-corrected chi connectivity index (χ4v) is 5.58.